The number of rotatable bonds is 3. The van der Waals surface area contributed by atoms with Crippen LogP contribution in [-0.2, 0) is 11.2 Å². The van der Waals surface area contributed by atoms with Gasteiger partial charge in [0.25, 0.3) is 0 Å². The quantitative estimate of drug-likeness (QED) is 0.945. The number of fused-ring (bicyclic) bond motifs is 2. The minimum Gasteiger partial charge on any atom is -0.454 e. The van der Waals surface area contributed by atoms with Gasteiger partial charge in [-0.1, -0.05) is 18.2 Å². The van der Waals surface area contributed by atoms with E-state index in [1.54, 1.807) is 0 Å². The number of para-hydroxylation sites is 1. The first-order chi connectivity index (χ1) is 10.8. The summed E-state index contributed by atoms with van der Waals surface area (Å²) in [5.41, 5.74) is 3.11. The van der Waals surface area contributed by atoms with Gasteiger partial charge in [0.2, 0.25) is 12.7 Å². The first kappa shape index (κ1) is 13.0. The minimum atomic E-state index is 0.0719. The molecule has 0 spiro atoms. The predicted octanol–water partition coefficient (Wildman–Crippen LogP) is 2.42. The molecule has 2 aliphatic rings. The van der Waals surface area contributed by atoms with E-state index in [4.69, 9.17) is 9.47 Å². The van der Waals surface area contributed by atoms with Crippen LogP contribution in [0.3, 0.4) is 0 Å². The molecule has 0 saturated heterocycles. The number of hydrogen-bond acceptors (Lipinski definition) is 4. The molecule has 0 fully saturated rings. The van der Waals surface area contributed by atoms with Gasteiger partial charge < -0.3 is 19.7 Å². The number of ether oxygens (including phenoxy) is 2. The van der Waals surface area contributed by atoms with Crippen molar-refractivity contribution in [1.29, 1.82) is 0 Å². The monoisotopic (exact) mass is 296 g/mol. The lowest BCUT2D eigenvalue weighted by Crippen LogP contribution is -2.34. The molecule has 0 unspecified atom stereocenters. The van der Waals surface area contributed by atoms with Crippen molar-refractivity contribution in [3.05, 3.63) is 48.0 Å². The summed E-state index contributed by atoms with van der Waals surface area (Å²) in [6.07, 6.45) is 0.923. The molecule has 2 aliphatic heterocycles. The van der Waals surface area contributed by atoms with Crippen molar-refractivity contribution in [3.63, 3.8) is 0 Å². The Labute approximate surface area is 128 Å². The minimum absolute atomic E-state index is 0.0719. The molecule has 4 rings (SSSR count). The molecule has 0 aromatic heterocycles. The smallest absolute Gasteiger partial charge is 0.246 e. The molecule has 22 heavy (non-hydrogen) atoms. The zero-order valence-corrected chi connectivity index (χ0v) is 12.0. The number of amides is 1. The standard InChI is InChI=1S/C17H16N2O3/c20-17(19-8-7-12-3-1-2-4-14(12)19)10-18-13-5-6-15-16(9-13)22-11-21-15/h1-6,9,18H,7-8,10-11H2. The molecule has 2 aromatic rings. The zero-order chi connectivity index (χ0) is 14.9. The van der Waals surface area contributed by atoms with Gasteiger partial charge in [-0.2, -0.15) is 0 Å². The molecule has 1 N–H and O–H groups in total. The number of benzene rings is 2. The number of hydrogen-bond donors (Lipinski definition) is 1. The van der Waals surface area contributed by atoms with Gasteiger partial charge in [0.1, 0.15) is 0 Å². The highest BCUT2D eigenvalue weighted by Crippen LogP contribution is 2.34. The topological polar surface area (TPSA) is 50.8 Å². The van der Waals surface area contributed by atoms with Gasteiger partial charge in [0.15, 0.2) is 11.5 Å². The van der Waals surface area contributed by atoms with Crippen molar-refractivity contribution in [2.45, 2.75) is 6.42 Å². The maximum atomic E-state index is 12.4. The summed E-state index contributed by atoms with van der Waals surface area (Å²) in [7, 11) is 0. The fourth-order valence-corrected chi connectivity index (χ4v) is 2.88. The second-order valence-corrected chi connectivity index (χ2v) is 5.35. The summed E-state index contributed by atoms with van der Waals surface area (Å²) in [5, 5.41) is 3.16. The van der Waals surface area contributed by atoms with Crippen LogP contribution >= 0.6 is 0 Å². The molecule has 112 valence electrons. The Kier molecular flexibility index (Phi) is 3.11. The Hall–Kier alpha value is -2.69. The summed E-state index contributed by atoms with van der Waals surface area (Å²) in [6, 6.07) is 13.6. The summed E-state index contributed by atoms with van der Waals surface area (Å²) < 4.78 is 10.6. The first-order valence-corrected chi connectivity index (χ1v) is 7.33. The third-order valence-corrected chi connectivity index (χ3v) is 4.00. The van der Waals surface area contributed by atoms with E-state index in [1.165, 1.54) is 5.56 Å². The van der Waals surface area contributed by atoms with Crippen molar-refractivity contribution < 1.29 is 14.3 Å². The van der Waals surface area contributed by atoms with E-state index in [2.05, 4.69) is 11.4 Å². The van der Waals surface area contributed by atoms with E-state index < -0.39 is 0 Å². The highest BCUT2D eigenvalue weighted by Gasteiger charge is 2.23. The number of nitrogens with zero attached hydrogens (tertiary/aromatic N) is 1. The van der Waals surface area contributed by atoms with Crippen LogP contribution in [0.25, 0.3) is 0 Å². The number of nitrogens with one attached hydrogen (secondary N) is 1. The van der Waals surface area contributed by atoms with Crippen LogP contribution in [0, 0.1) is 0 Å². The third-order valence-electron chi connectivity index (χ3n) is 4.00. The Balaban J connectivity index is 1.43. The molecule has 2 heterocycles. The van der Waals surface area contributed by atoms with Crippen molar-refractivity contribution in [3.8, 4) is 11.5 Å². The van der Waals surface area contributed by atoms with E-state index in [0.717, 1.165) is 30.1 Å². The van der Waals surface area contributed by atoms with Crippen molar-refractivity contribution >= 4 is 17.3 Å². The molecule has 0 aliphatic carbocycles. The van der Waals surface area contributed by atoms with Crippen LogP contribution in [0.1, 0.15) is 5.56 Å². The summed E-state index contributed by atoms with van der Waals surface area (Å²) in [5.74, 6) is 1.52. The lowest BCUT2D eigenvalue weighted by atomic mass is 10.2. The van der Waals surface area contributed by atoms with Crippen LogP contribution in [-0.4, -0.2) is 25.8 Å². The summed E-state index contributed by atoms with van der Waals surface area (Å²) in [6.45, 7) is 1.26. The lowest BCUT2D eigenvalue weighted by molar-refractivity contribution is -0.116. The second-order valence-electron chi connectivity index (χ2n) is 5.35. The van der Waals surface area contributed by atoms with Crippen LogP contribution in [0.15, 0.2) is 42.5 Å². The van der Waals surface area contributed by atoms with E-state index in [1.807, 2.05) is 41.3 Å². The average molecular weight is 296 g/mol. The van der Waals surface area contributed by atoms with Crippen molar-refractivity contribution in [1.82, 2.24) is 0 Å². The van der Waals surface area contributed by atoms with Crippen LogP contribution in [0.4, 0.5) is 11.4 Å². The Bertz CT molecular complexity index is 730. The molecule has 0 radical (unpaired) electrons. The van der Waals surface area contributed by atoms with Gasteiger partial charge in [-0.25, -0.2) is 0 Å². The highest BCUT2D eigenvalue weighted by molar-refractivity contribution is 5.98. The first-order valence-electron chi connectivity index (χ1n) is 7.33. The average Bonchev–Trinajstić information content (AvgIpc) is 3.18. The van der Waals surface area contributed by atoms with Gasteiger partial charge in [-0.15, -0.1) is 0 Å². The fraction of sp³-hybridized carbons (Fsp3) is 0.235. The van der Waals surface area contributed by atoms with Gasteiger partial charge in [0.05, 0.1) is 6.54 Å². The summed E-state index contributed by atoms with van der Waals surface area (Å²) in [4.78, 5) is 14.3. The Morgan fingerprint density at radius 1 is 1.14 bits per heavy atom. The molecular formula is C17H16N2O3. The third kappa shape index (κ3) is 2.24. The highest BCUT2D eigenvalue weighted by atomic mass is 16.7. The van der Waals surface area contributed by atoms with Gasteiger partial charge >= 0.3 is 0 Å². The molecule has 2 aromatic carbocycles. The largest absolute Gasteiger partial charge is 0.454 e. The molecule has 0 bridgehead atoms. The molecule has 0 saturated carbocycles. The van der Waals surface area contributed by atoms with Crippen LogP contribution < -0.4 is 19.7 Å². The number of anilines is 2. The summed E-state index contributed by atoms with van der Waals surface area (Å²) >= 11 is 0. The van der Waals surface area contributed by atoms with Crippen molar-refractivity contribution in [2.75, 3.05) is 30.1 Å². The SMILES string of the molecule is O=C(CNc1ccc2c(c1)OCO2)N1CCc2ccccc21. The number of carbonyl (C=O) groups excluding carboxylic acids is 1. The molecule has 5 heteroatoms. The molecule has 5 nitrogen and oxygen atoms in total. The fourth-order valence-electron chi connectivity index (χ4n) is 2.88. The zero-order valence-electron chi connectivity index (χ0n) is 12.0. The second kappa shape index (κ2) is 5.26. The van der Waals surface area contributed by atoms with Gasteiger partial charge in [-0.3, -0.25) is 4.79 Å². The van der Waals surface area contributed by atoms with E-state index >= 15 is 0 Å². The maximum Gasteiger partial charge on any atom is 0.246 e. The van der Waals surface area contributed by atoms with E-state index in [9.17, 15) is 4.79 Å². The normalized spacial score (nSPS) is 14.8. The van der Waals surface area contributed by atoms with Gasteiger partial charge in [0, 0.05) is 24.0 Å². The Morgan fingerprint density at radius 2 is 2.00 bits per heavy atom. The molecule has 0 atom stereocenters. The van der Waals surface area contributed by atoms with Crippen LogP contribution in [0.5, 0.6) is 11.5 Å². The molecular weight excluding hydrogens is 280 g/mol. The maximum absolute atomic E-state index is 12.4. The van der Waals surface area contributed by atoms with Crippen LogP contribution in [0.2, 0.25) is 0 Å². The number of carbonyl (C=O) groups is 1. The van der Waals surface area contributed by atoms with Gasteiger partial charge in [-0.05, 0) is 30.2 Å². The van der Waals surface area contributed by atoms with E-state index in [0.29, 0.717) is 5.75 Å². The van der Waals surface area contributed by atoms with E-state index in [-0.39, 0.29) is 19.2 Å². The molecule has 1 amide bonds. The lowest BCUT2D eigenvalue weighted by Gasteiger charge is -2.18. The predicted molar refractivity (Wildman–Crippen MR) is 83.6 cm³/mol. The Morgan fingerprint density at radius 3 is 2.95 bits per heavy atom. The van der Waals surface area contributed by atoms with Crippen molar-refractivity contribution in [2.24, 2.45) is 0 Å².